The molecule has 0 aliphatic carbocycles. The van der Waals surface area contributed by atoms with E-state index in [1.165, 1.54) is 12.8 Å². The van der Waals surface area contributed by atoms with E-state index in [9.17, 15) is 0 Å². The third-order valence-corrected chi connectivity index (χ3v) is 4.10. The fraction of sp³-hybridized carbons (Fsp3) is 0.467. The molecule has 3 rings (SSSR count). The van der Waals surface area contributed by atoms with Crippen molar-refractivity contribution < 1.29 is 4.52 Å². The van der Waals surface area contributed by atoms with Gasteiger partial charge in [0.2, 0.25) is 11.7 Å². The lowest BCUT2D eigenvalue weighted by molar-refractivity contribution is 0.174. The fourth-order valence-corrected chi connectivity index (χ4v) is 2.71. The first-order valence-corrected chi connectivity index (χ1v) is 7.59. The molecule has 112 valence electrons. The van der Waals surface area contributed by atoms with Crippen molar-refractivity contribution in [1.29, 1.82) is 0 Å². The van der Waals surface area contributed by atoms with Crippen LogP contribution < -0.4 is 5.32 Å². The van der Waals surface area contributed by atoms with Crippen LogP contribution >= 0.6 is 11.6 Å². The number of benzene rings is 1. The van der Waals surface area contributed by atoms with E-state index in [-0.39, 0.29) is 0 Å². The summed E-state index contributed by atoms with van der Waals surface area (Å²) in [4.78, 5) is 6.73. The summed E-state index contributed by atoms with van der Waals surface area (Å²) in [6.07, 6.45) is 2.43. The molecule has 6 heteroatoms. The Morgan fingerprint density at radius 1 is 1.38 bits per heavy atom. The molecule has 1 atom stereocenters. The first-order chi connectivity index (χ1) is 10.2. The third kappa shape index (κ3) is 3.61. The van der Waals surface area contributed by atoms with Crippen LogP contribution in [0, 0.1) is 0 Å². The summed E-state index contributed by atoms with van der Waals surface area (Å²) >= 11 is 5.88. The molecule has 0 radical (unpaired) electrons. The largest absolute Gasteiger partial charge is 0.338 e. The van der Waals surface area contributed by atoms with Gasteiger partial charge in [-0.25, -0.2) is 0 Å². The van der Waals surface area contributed by atoms with Gasteiger partial charge in [-0.1, -0.05) is 16.8 Å². The van der Waals surface area contributed by atoms with Crippen molar-refractivity contribution in [3.63, 3.8) is 0 Å². The normalized spacial score (nSPS) is 19.1. The predicted octanol–water partition coefficient (Wildman–Crippen LogP) is 2.57. The van der Waals surface area contributed by atoms with E-state index in [1.807, 2.05) is 24.3 Å². The molecule has 1 aromatic heterocycles. The van der Waals surface area contributed by atoms with Crippen LogP contribution in [0.3, 0.4) is 0 Å². The van der Waals surface area contributed by atoms with Crippen LogP contribution in [0.1, 0.15) is 18.7 Å². The lowest BCUT2D eigenvalue weighted by atomic mass is 10.1. The highest BCUT2D eigenvalue weighted by atomic mass is 35.5. The Balaban J connectivity index is 1.65. The smallest absolute Gasteiger partial charge is 0.241 e. The highest BCUT2D eigenvalue weighted by Crippen LogP contribution is 2.19. The summed E-state index contributed by atoms with van der Waals surface area (Å²) in [5.41, 5.74) is 0.913. The van der Waals surface area contributed by atoms with Gasteiger partial charge in [-0.15, -0.1) is 0 Å². The molecule has 1 N–H and O–H groups in total. The van der Waals surface area contributed by atoms with Gasteiger partial charge in [0.15, 0.2) is 0 Å². The molecule has 1 aliphatic rings. The number of halogens is 1. The first-order valence-electron chi connectivity index (χ1n) is 7.22. The molecule has 1 aromatic carbocycles. The number of nitrogens with zero attached hydrogens (tertiary/aromatic N) is 3. The molecule has 5 nitrogen and oxygen atoms in total. The van der Waals surface area contributed by atoms with Crippen LogP contribution in [0.5, 0.6) is 0 Å². The summed E-state index contributed by atoms with van der Waals surface area (Å²) in [6, 6.07) is 7.97. The zero-order chi connectivity index (χ0) is 14.7. The molecule has 0 spiro atoms. The van der Waals surface area contributed by atoms with Gasteiger partial charge in [-0.2, -0.15) is 4.98 Å². The minimum Gasteiger partial charge on any atom is -0.338 e. The van der Waals surface area contributed by atoms with Gasteiger partial charge in [0.25, 0.3) is 0 Å². The van der Waals surface area contributed by atoms with Crippen LogP contribution in [0.4, 0.5) is 0 Å². The topological polar surface area (TPSA) is 54.2 Å². The molecule has 2 aromatic rings. The lowest BCUT2D eigenvalue weighted by Gasteiger charge is -2.30. The Morgan fingerprint density at radius 3 is 2.90 bits per heavy atom. The molecule has 1 aliphatic heterocycles. The maximum atomic E-state index is 5.88. The van der Waals surface area contributed by atoms with Crippen LogP contribution in [-0.4, -0.2) is 41.2 Å². The van der Waals surface area contributed by atoms with Crippen LogP contribution in [0.15, 0.2) is 28.8 Å². The molecule has 21 heavy (non-hydrogen) atoms. The van der Waals surface area contributed by atoms with Crippen molar-refractivity contribution in [3.05, 3.63) is 35.2 Å². The Bertz CT molecular complexity index is 578. The number of piperidine rings is 1. The average molecular weight is 307 g/mol. The van der Waals surface area contributed by atoms with Gasteiger partial charge < -0.3 is 9.84 Å². The van der Waals surface area contributed by atoms with E-state index >= 15 is 0 Å². The molecule has 1 unspecified atom stereocenters. The highest BCUT2D eigenvalue weighted by Gasteiger charge is 2.20. The Morgan fingerprint density at radius 2 is 2.19 bits per heavy atom. The van der Waals surface area contributed by atoms with Gasteiger partial charge in [0.05, 0.1) is 6.54 Å². The van der Waals surface area contributed by atoms with Crippen molar-refractivity contribution in [3.8, 4) is 11.4 Å². The van der Waals surface area contributed by atoms with Gasteiger partial charge >= 0.3 is 0 Å². The van der Waals surface area contributed by atoms with Crippen molar-refractivity contribution in [2.24, 2.45) is 0 Å². The molecule has 0 bridgehead atoms. The SMILES string of the molecule is CN(Cc1nc(-c2ccc(Cl)cc2)no1)C1CCCNC1. The zero-order valence-electron chi connectivity index (χ0n) is 12.1. The number of nitrogens with one attached hydrogen (secondary N) is 1. The molecule has 0 amide bonds. The molecule has 1 fully saturated rings. The van der Waals surface area contributed by atoms with E-state index in [0.29, 0.717) is 29.3 Å². The summed E-state index contributed by atoms with van der Waals surface area (Å²) in [7, 11) is 2.10. The maximum Gasteiger partial charge on any atom is 0.241 e. The quantitative estimate of drug-likeness (QED) is 0.941. The van der Waals surface area contributed by atoms with Gasteiger partial charge in [-0.05, 0) is 50.7 Å². The monoisotopic (exact) mass is 306 g/mol. The van der Waals surface area contributed by atoms with Crippen molar-refractivity contribution in [2.45, 2.75) is 25.4 Å². The third-order valence-electron chi connectivity index (χ3n) is 3.85. The van der Waals surface area contributed by atoms with Crippen molar-refractivity contribution >= 4 is 11.6 Å². The van der Waals surface area contributed by atoms with E-state index in [4.69, 9.17) is 16.1 Å². The minimum atomic E-state index is 0.532. The first kappa shape index (κ1) is 14.5. The summed E-state index contributed by atoms with van der Waals surface area (Å²) in [5, 5.41) is 8.16. The van der Waals surface area contributed by atoms with Gasteiger partial charge in [-0.3, -0.25) is 4.90 Å². The Hall–Kier alpha value is -1.43. The van der Waals surface area contributed by atoms with Gasteiger partial charge in [0.1, 0.15) is 0 Å². The lowest BCUT2D eigenvalue weighted by Crippen LogP contribution is -2.43. The van der Waals surface area contributed by atoms with Crippen LogP contribution in [0.25, 0.3) is 11.4 Å². The number of rotatable bonds is 4. The number of likely N-dealkylation sites (N-methyl/N-ethyl adjacent to an activating group) is 1. The summed E-state index contributed by atoms with van der Waals surface area (Å²) in [5.74, 6) is 1.25. The number of aromatic nitrogens is 2. The highest BCUT2D eigenvalue weighted by molar-refractivity contribution is 6.30. The van der Waals surface area contributed by atoms with Crippen molar-refractivity contribution in [1.82, 2.24) is 20.4 Å². The van der Waals surface area contributed by atoms with E-state index in [1.54, 1.807) is 0 Å². The van der Waals surface area contributed by atoms with Gasteiger partial charge in [0, 0.05) is 23.2 Å². The summed E-state index contributed by atoms with van der Waals surface area (Å²) < 4.78 is 5.35. The standard InChI is InChI=1S/C15H19ClN4O/c1-20(13-3-2-8-17-9-13)10-14-18-15(19-21-14)11-4-6-12(16)7-5-11/h4-7,13,17H,2-3,8-10H2,1H3. The van der Waals surface area contributed by atoms with E-state index < -0.39 is 0 Å². The van der Waals surface area contributed by atoms with Crippen molar-refractivity contribution in [2.75, 3.05) is 20.1 Å². The minimum absolute atomic E-state index is 0.532. The molecule has 0 saturated carbocycles. The Labute approximate surface area is 129 Å². The zero-order valence-corrected chi connectivity index (χ0v) is 12.8. The molecule has 2 heterocycles. The number of hydrogen-bond acceptors (Lipinski definition) is 5. The second-order valence-corrected chi connectivity index (χ2v) is 5.87. The predicted molar refractivity (Wildman–Crippen MR) is 82.1 cm³/mol. The van der Waals surface area contributed by atoms with E-state index in [0.717, 1.165) is 18.7 Å². The molecule has 1 saturated heterocycles. The maximum absolute atomic E-state index is 5.88. The Kier molecular flexibility index (Phi) is 4.53. The fourth-order valence-electron chi connectivity index (χ4n) is 2.59. The average Bonchev–Trinajstić information content (AvgIpc) is 2.97. The number of hydrogen-bond donors (Lipinski definition) is 1. The molecular formula is C15H19ClN4O. The van der Waals surface area contributed by atoms with E-state index in [2.05, 4.69) is 27.4 Å². The van der Waals surface area contributed by atoms with Crippen LogP contribution in [0.2, 0.25) is 5.02 Å². The summed E-state index contributed by atoms with van der Waals surface area (Å²) in [6.45, 7) is 2.81. The second-order valence-electron chi connectivity index (χ2n) is 5.43. The molecular weight excluding hydrogens is 288 g/mol. The van der Waals surface area contributed by atoms with Crippen LogP contribution in [-0.2, 0) is 6.54 Å². The second kappa shape index (κ2) is 6.56.